The van der Waals surface area contributed by atoms with Crippen molar-refractivity contribution >= 4 is 23.7 Å². The Morgan fingerprint density at radius 1 is 1.33 bits per heavy atom. The van der Waals surface area contributed by atoms with Crippen LogP contribution in [0.1, 0.15) is 16.8 Å². The number of amides is 2. The molecule has 1 rings (SSSR count). The van der Waals surface area contributed by atoms with Gasteiger partial charge in [-0.3, -0.25) is 4.79 Å². The van der Waals surface area contributed by atoms with Gasteiger partial charge in [0.15, 0.2) is 0 Å². The topological polar surface area (TPSA) is 116 Å². The lowest BCUT2D eigenvalue weighted by atomic mass is 10.2. The maximum absolute atomic E-state index is 11.8. The van der Waals surface area contributed by atoms with E-state index in [9.17, 15) is 19.5 Å². The molecule has 0 unspecified atom stereocenters. The largest absolute Gasteiger partial charge is 0.507 e. The highest BCUT2D eigenvalue weighted by atomic mass is 16.5. The van der Waals surface area contributed by atoms with Gasteiger partial charge in [0.1, 0.15) is 11.3 Å². The Bertz CT molecular complexity index is 558. The molecule has 8 heteroatoms. The van der Waals surface area contributed by atoms with Crippen LogP contribution in [0.3, 0.4) is 0 Å². The molecule has 0 saturated heterocycles. The van der Waals surface area contributed by atoms with Crippen LogP contribution in [0.15, 0.2) is 18.2 Å². The van der Waals surface area contributed by atoms with E-state index in [2.05, 4.69) is 10.1 Å². The van der Waals surface area contributed by atoms with Crippen molar-refractivity contribution in [1.29, 1.82) is 0 Å². The molecule has 0 heterocycles. The quantitative estimate of drug-likeness (QED) is 0.701. The molecule has 0 bridgehead atoms. The third-order valence-electron chi connectivity index (χ3n) is 2.71. The van der Waals surface area contributed by atoms with Gasteiger partial charge in [-0.15, -0.1) is 0 Å². The summed E-state index contributed by atoms with van der Waals surface area (Å²) in [7, 11) is 2.75. The van der Waals surface area contributed by atoms with Gasteiger partial charge in [0.05, 0.1) is 13.5 Å². The first-order valence-electron chi connectivity index (χ1n) is 6.00. The molecule has 0 atom stereocenters. The van der Waals surface area contributed by atoms with E-state index in [1.54, 1.807) is 0 Å². The van der Waals surface area contributed by atoms with Gasteiger partial charge < -0.3 is 25.2 Å². The first-order chi connectivity index (χ1) is 9.85. The minimum Gasteiger partial charge on any atom is -0.507 e. The van der Waals surface area contributed by atoms with Gasteiger partial charge in [0.2, 0.25) is 0 Å². The lowest BCUT2D eigenvalue weighted by molar-refractivity contribution is -0.140. The number of hydrogen-bond acceptors (Lipinski definition) is 5. The Hall–Kier alpha value is -2.77. The fourth-order valence-electron chi connectivity index (χ4n) is 1.47. The fraction of sp³-hybridized carbons (Fsp3) is 0.308. The number of phenols is 1. The average molecular weight is 296 g/mol. The van der Waals surface area contributed by atoms with Crippen LogP contribution in [0, 0.1) is 0 Å². The second kappa shape index (κ2) is 7.13. The monoisotopic (exact) mass is 296 g/mol. The maximum atomic E-state index is 11.8. The second-order valence-electron chi connectivity index (χ2n) is 4.21. The number of nitrogens with zero attached hydrogens (tertiary/aromatic N) is 1. The highest BCUT2D eigenvalue weighted by molar-refractivity contribution is 5.94. The molecule has 1 aromatic rings. The van der Waals surface area contributed by atoms with Crippen LogP contribution in [0.25, 0.3) is 0 Å². The number of carbonyl (C=O) groups is 3. The molecule has 114 valence electrons. The normalized spacial score (nSPS) is 9.81. The number of methoxy groups -OCH3 is 1. The smallest absolute Gasteiger partial charge is 0.339 e. The molecule has 0 aliphatic carbocycles. The van der Waals surface area contributed by atoms with Crippen molar-refractivity contribution in [3.8, 4) is 5.75 Å². The number of carboxylic acids is 1. The van der Waals surface area contributed by atoms with E-state index in [4.69, 9.17) is 5.11 Å². The summed E-state index contributed by atoms with van der Waals surface area (Å²) in [5.41, 5.74) is -0.0144. The Morgan fingerprint density at radius 2 is 2.00 bits per heavy atom. The van der Waals surface area contributed by atoms with Crippen molar-refractivity contribution in [2.45, 2.75) is 6.42 Å². The molecule has 2 amide bonds. The summed E-state index contributed by atoms with van der Waals surface area (Å²) in [6, 6.07) is 3.17. The van der Waals surface area contributed by atoms with Crippen LogP contribution in [-0.2, 0) is 9.53 Å². The molecule has 0 radical (unpaired) electrons. The van der Waals surface area contributed by atoms with Crippen LogP contribution in [0.5, 0.6) is 5.75 Å². The molecule has 3 N–H and O–H groups in total. The van der Waals surface area contributed by atoms with Crippen molar-refractivity contribution < 1.29 is 29.3 Å². The van der Waals surface area contributed by atoms with Crippen molar-refractivity contribution in [3.63, 3.8) is 0 Å². The van der Waals surface area contributed by atoms with E-state index in [1.807, 2.05) is 0 Å². The number of anilines is 1. The summed E-state index contributed by atoms with van der Waals surface area (Å²) in [6.07, 6.45) is 0.0591. The van der Waals surface area contributed by atoms with Gasteiger partial charge in [-0.25, -0.2) is 9.59 Å². The minimum absolute atomic E-state index is 0.0591. The van der Waals surface area contributed by atoms with Gasteiger partial charge in [-0.2, -0.15) is 0 Å². The maximum Gasteiger partial charge on any atom is 0.339 e. The molecule has 21 heavy (non-hydrogen) atoms. The van der Waals surface area contributed by atoms with Gasteiger partial charge >= 0.3 is 18.0 Å². The van der Waals surface area contributed by atoms with Crippen molar-refractivity contribution in [2.24, 2.45) is 0 Å². The zero-order valence-electron chi connectivity index (χ0n) is 11.6. The minimum atomic E-state index is -1.26. The number of rotatable bonds is 5. The number of esters is 1. The van der Waals surface area contributed by atoms with Gasteiger partial charge in [0, 0.05) is 25.3 Å². The summed E-state index contributed by atoms with van der Waals surface area (Å²) < 4.78 is 4.46. The van der Waals surface area contributed by atoms with E-state index < -0.39 is 23.7 Å². The van der Waals surface area contributed by atoms with E-state index in [0.29, 0.717) is 0 Å². The summed E-state index contributed by atoms with van der Waals surface area (Å²) in [4.78, 5) is 34.8. The Balaban J connectivity index is 2.64. The zero-order valence-corrected chi connectivity index (χ0v) is 11.6. The van der Waals surface area contributed by atoms with Crippen LogP contribution in [-0.4, -0.2) is 53.8 Å². The predicted molar refractivity (Wildman–Crippen MR) is 73.3 cm³/mol. The predicted octanol–water partition coefficient (Wildman–Crippen LogP) is 1.12. The Kier molecular flexibility index (Phi) is 5.53. The third-order valence-corrected chi connectivity index (χ3v) is 2.71. The first-order valence-corrected chi connectivity index (χ1v) is 6.00. The highest BCUT2D eigenvalue weighted by Gasteiger charge is 2.13. The summed E-state index contributed by atoms with van der Waals surface area (Å²) in [5.74, 6) is -2.14. The number of aromatic carboxylic acids is 1. The van der Waals surface area contributed by atoms with Crippen LogP contribution < -0.4 is 5.32 Å². The number of benzene rings is 1. The molecular formula is C13H16N2O6. The van der Waals surface area contributed by atoms with E-state index in [1.165, 1.54) is 31.2 Å². The van der Waals surface area contributed by atoms with Gasteiger partial charge in [0.25, 0.3) is 0 Å². The molecule has 0 saturated carbocycles. The van der Waals surface area contributed by atoms with Crippen molar-refractivity contribution in [1.82, 2.24) is 4.90 Å². The van der Waals surface area contributed by atoms with Gasteiger partial charge in [-0.05, 0) is 12.1 Å². The molecule has 0 aliphatic heterocycles. The molecule has 1 aromatic carbocycles. The summed E-state index contributed by atoms with van der Waals surface area (Å²) in [5, 5.41) is 20.8. The van der Waals surface area contributed by atoms with Crippen molar-refractivity contribution in [2.75, 3.05) is 26.0 Å². The Morgan fingerprint density at radius 3 is 2.52 bits per heavy atom. The fourth-order valence-corrected chi connectivity index (χ4v) is 1.47. The molecule has 0 aromatic heterocycles. The standard InChI is InChI=1S/C13H16N2O6/c1-15(6-5-11(17)21-2)13(20)14-8-3-4-9(12(18)19)10(16)7-8/h3-4,7,16H,5-6H2,1-2H3,(H,14,20)(H,18,19). The highest BCUT2D eigenvalue weighted by Crippen LogP contribution is 2.22. The number of nitrogens with one attached hydrogen (secondary N) is 1. The number of urea groups is 1. The second-order valence-corrected chi connectivity index (χ2v) is 4.21. The summed E-state index contributed by atoms with van der Waals surface area (Å²) in [6.45, 7) is 0.164. The lowest BCUT2D eigenvalue weighted by Crippen LogP contribution is -2.33. The average Bonchev–Trinajstić information content (AvgIpc) is 2.43. The van der Waals surface area contributed by atoms with Crippen molar-refractivity contribution in [3.05, 3.63) is 23.8 Å². The lowest BCUT2D eigenvalue weighted by Gasteiger charge is -2.17. The number of carboxylic acid groups (broad SMARTS) is 1. The molecule has 0 aliphatic rings. The first kappa shape index (κ1) is 16.3. The number of carbonyl (C=O) groups excluding carboxylic acids is 2. The molecule has 8 nitrogen and oxygen atoms in total. The Labute approximate surface area is 120 Å². The van der Waals surface area contributed by atoms with Crippen LogP contribution in [0.2, 0.25) is 0 Å². The number of aromatic hydroxyl groups is 1. The SMILES string of the molecule is COC(=O)CCN(C)C(=O)Nc1ccc(C(=O)O)c(O)c1. The van der Waals surface area contributed by atoms with Gasteiger partial charge in [-0.1, -0.05) is 0 Å². The van der Waals surface area contributed by atoms with E-state index in [-0.39, 0.29) is 24.2 Å². The van der Waals surface area contributed by atoms with E-state index in [0.717, 1.165) is 6.07 Å². The summed E-state index contributed by atoms with van der Waals surface area (Å²) >= 11 is 0. The van der Waals surface area contributed by atoms with Crippen LogP contribution in [0.4, 0.5) is 10.5 Å². The number of ether oxygens (including phenoxy) is 1. The molecule has 0 fully saturated rings. The molecule has 0 spiro atoms. The van der Waals surface area contributed by atoms with E-state index >= 15 is 0 Å². The third kappa shape index (κ3) is 4.68. The number of hydrogen-bond donors (Lipinski definition) is 3. The zero-order chi connectivity index (χ0) is 16.0. The van der Waals surface area contributed by atoms with Crippen LogP contribution >= 0.6 is 0 Å². The molecular weight excluding hydrogens is 280 g/mol.